The number of ether oxygens (including phenoxy) is 2. The Bertz CT molecular complexity index is 567. The molecule has 4 unspecified atom stereocenters. The van der Waals surface area contributed by atoms with Crippen molar-refractivity contribution in [1.29, 1.82) is 0 Å². The molecular formula is C17H24FN3O2. The van der Waals surface area contributed by atoms with Crippen LogP contribution in [-0.2, 0) is 4.74 Å². The van der Waals surface area contributed by atoms with Crippen LogP contribution in [0.1, 0.15) is 26.2 Å². The van der Waals surface area contributed by atoms with E-state index in [1.807, 2.05) is 6.92 Å². The molecule has 6 heteroatoms. The molecule has 0 aromatic heterocycles. The molecule has 5 nitrogen and oxygen atoms in total. The summed E-state index contributed by atoms with van der Waals surface area (Å²) >= 11 is 0. The Morgan fingerprint density at radius 3 is 3.00 bits per heavy atom. The van der Waals surface area contributed by atoms with E-state index >= 15 is 0 Å². The number of guanidine groups is 1. The zero-order chi connectivity index (χ0) is 16.2. The third kappa shape index (κ3) is 4.13. The Balaban J connectivity index is 1.44. The molecule has 23 heavy (non-hydrogen) atoms. The van der Waals surface area contributed by atoms with Crippen molar-refractivity contribution < 1.29 is 13.9 Å². The van der Waals surface area contributed by atoms with E-state index in [0.717, 1.165) is 18.8 Å². The minimum Gasteiger partial charge on any atom is -0.489 e. The molecule has 2 N–H and O–H groups in total. The number of hydrogen-bond acceptors (Lipinski definition) is 3. The van der Waals surface area contributed by atoms with E-state index in [4.69, 9.17) is 9.47 Å². The summed E-state index contributed by atoms with van der Waals surface area (Å²) in [6.45, 7) is 2.52. The molecule has 0 aliphatic carbocycles. The fourth-order valence-corrected chi connectivity index (χ4v) is 3.21. The van der Waals surface area contributed by atoms with Crippen LogP contribution in [-0.4, -0.2) is 43.9 Å². The van der Waals surface area contributed by atoms with E-state index in [0.29, 0.717) is 30.5 Å². The molecule has 2 bridgehead atoms. The second-order valence-electron chi connectivity index (χ2n) is 6.20. The van der Waals surface area contributed by atoms with E-state index in [1.165, 1.54) is 18.6 Å². The van der Waals surface area contributed by atoms with Gasteiger partial charge in [0.2, 0.25) is 0 Å². The molecule has 126 valence electrons. The molecular weight excluding hydrogens is 297 g/mol. The summed E-state index contributed by atoms with van der Waals surface area (Å²) in [5, 5.41) is 6.68. The molecule has 0 radical (unpaired) electrons. The molecule has 1 aromatic carbocycles. The molecule has 2 heterocycles. The van der Waals surface area contributed by atoms with Gasteiger partial charge >= 0.3 is 0 Å². The van der Waals surface area contributed by atoms with E-state index in [1.54, 1.807) is 19.2 Å². The molecule has 2 aliphatic rings. The van der Waals surface area contributed by atoms with Gasteiger partial charge in [0.1, 0.15) is 17.7 Å². The van der Waals surface area contributed by atoms with Crippen molar-refractivity contribution in [2.45, 2.75) is 50.5 Å². The zero-order valence-electron chi connectivity index (χ0n) is 13.6. The SMILES string of the molecule is CN=C(NCC(C)Oc1cccc(F)c1)NC1CC2CCC1O2. The predicted octanol–water partition coefficient (Wildman–Crippen LogP) is 2.08. The summed E-state index contributed by atoms with van der Waals surface area (Å²) in [4.78, 5) is 4.25. The van der Waals surface area contributed by atoms with E-state index in [2.05, 4.69) is 15.6 Å². The predicted molar refractivity (Wildman–Crippen MR) is 87.3 cm³/mol. The summed E-state index contributed by atoms with van der Waals surface area (Å²) < 4.78 is 24.7. The van der Waals surface area contributed by atoms with Crippen LogP contribution in [0.25, 0.3) is 0 Å². The Kier molecular flexibility index (Phi) is 5.00. The molecule has 0 amide bonds. The van der Waals surface area contributed by atoms with Gasteiger partial charge in [0.05, 0.1) is 24.8 Å². The highest BCUT2D eigenvalue weighted by atomic mass is 19.1. The lowest BCUT2D eigenvalue weighted by molar-refractivity contribution is 0.0992. The number of rotatable bonds is 5. The Labute approximate surface area is 136 Å². The average Bonchev–Trinajstić information content (AvgIpc) is 3.14. The van der Waals surface area contributed by atoms with Crippen LogP contribution in [0.5, 0.6) is 5.75 Å². The van der Waals surface area contributed by atoms with Crippen LogP contribution in [0.4, 0.5) is 4.39 Å². The first-order chi connectivity index (χ1) is 11.1. The second-order valence-corrected chi connectivity index (χ2v) is 6.20. The van der Waals surface area contributed by atoms with E-state index in [9.17, 15) is 4.39 Å². The first-order valence-electron chi connectivity index (χ1n) is 8.19. The van der Waals surface area contributed by atoms with Gasteiger partial charge in [0, 0.05) is 13.1 Å². The van der Waals surface area contributed by atoms with Crippen molar-refractivity contribution in [3.8, 4) is 5.75 Å². The zero-order valence-corrected chi connectivity index (χ0v) is 13.6. The summed E-state index contributed by atoms with van der Waals surface area (Å²) in [6.07, 6.45) is 3.95. The van der Waals surface area contributed by atoms with Gasteiger partial charge in [0.15, 0.2) is 5.96 Å². The number of benzene rings is 1. The Hall–Kier alpha value is -1.82. The first kappa shape index (κ1) is 16.1. The molecule has 3 rings (SSSR count). The summed E-state index contributed by atoms with van der Waals surface area (Å²) in [6, 6.07) is 6.51. The number of fused-ring (bicyclic) bond motifs is 2. The molecule has 2 fully saturated rings. The van der Waals surface area contributed by atoms with Crippen molar-refractivity contribution >= 4 is 5.96 Å². The number of hydrogen-bond donors (Lipinski definition) is 2. The summed E-state index contributed by atoms with van der Waals surface area (Å²) in [5.74, 6) is 0.987. The number of halogens is 1. The van der Waals surface area contributed by atoms with Gasteiger partial charge in [-0.2, -0.15) is 0 Å². The van der Waals surface area contributed by atoms with Crippen LogP contribution in [0, 0.1) is 5.82 Å². The lowest BCUT2D eigenvalue weighted by atomic mass is 9.96. The van der Waals surface area contributed by atoms with Crippen LogP contribution in [0.2, 0.25) is 0 Å². The topological polar surface area (TPSA) is 54.9 Å². The molecule has 2 aliphatic heterocycles. The van der Waals surface area contributed by atoms with E-state index in [-0.39, 0.29) is 11.9 Å². The standard InChI is InChI=1S/C17H24FN3O2/c1-11(22-13-5-3-4-12(18)8-13)10-20-17(19-2)21-15-9-14-6-7-16(15)23-14/h3-5,8,11,14-16H,6-7,9-10H2,1-2H3,(H2,19,20,21). The second kappa shape index (κ2) is 7.17. The largest absolute Gasteiger partial charge is 0.489 e. The summed E-state index contributed by atoms with van der Waals surface area (Å²) in [7, 11) is 1.75. The lowest BCUT2D eigenvalue weighted by Crippen LogP contribution is -2.49. The van der Waals surface area contributed by atoms with Crippen LogP contribution < -0.4 is 15.4 Å². The van der Waals surface area contributed by atoms with Crippen molar-refractivity contribution in [1.82, 2.24) is 10.6 Å². The van der Waals surface area contributed by atoms with E-state index < -0.39 is 0 Å². The minimum absolute atomic E-state index is 0.105. The van der Waals surface area contributed by atoms with Gasteiger partial charge in [-0.25, -0.2) is 4.39 Å². The monoisotopic (exact) mass is 321 g/mol. The third-order valence-corrected chi connectivity index (χ3v) is 4.34. The quantitative estimate of drug-likeness (QED) is 0.644. The molecule has 2 saturated heterocycles. The normalized spacial score (nSPS) is 27.8. The Morgan fingerprint density at radius 2 is 2.35 bits per heavy atom. The van der Waals surface area contributed by atoms with Gasteiger partial charge in [-0.3, -0.25) is 4.99 Å². The molecule has 1 aromatic rings. The fraction of sp³-hybridized carbons (Fsp3) is 0.588. The van der Waals surface area contributed by atoms with Crippen molar-refractivity contribution in [3.05, 3.63) is 30.1 Å². The maximum atomic E-state index is 13.2. The Morgan fingerprint density at radius 1 is 1.48 bits per heavy atom. The highest BCUT2D eigenvalue weighted by Crippen LogP contribution is 2.34. The first-order valence-corrected chi connectivity index (χ1v) is 8.19. The van der Waals surface area contributed by atoms with Gasteiger partial charge in [-0.1, -0.05) is 6.07 Å². The highest BCUT2D eigenvalue weighted by molar-refractivity contribution is 5.80. The number of aliphatic imine (C=N–C) groups is 1. The molecule has 4 atom stereocenters. The van der Waals surface area contributed by atoms with Crippen molar-refractivity contribution in [2.75, 3.05) is 13.6 Å². The van der Waals surface area contributed by atoms with Crippen molar-refractivity contribution in [3.63, 3.8) is 0 Å². The van der Waals surface area contributed by atoms with Crippen LogP contribution in [0.3, 0.4) is 0 Å². The minimum atomic E-state index is -0.295. The van der Waals surface area contributed by atoms with Gasteiger partial charge in [-0.05, 0) is 38.3 Å². The van der Waals surface area contributed by atoms with Crippen LogP contribution in [0.15, 0.2) is 29.3 Å². The average molecular weight is 321 g/mol. The van der Waals surface area contributed by atoms with Gasteiger partial charge < -0.3 is 20.1 Å². The lowest BCUT2D eigenvalue weighted by Gasteiger charge is -2.23. The third-order valence-electron chi connectivity index (χ3n) is 4.34. The summed E-state index contributed by atoms with van der Waals surface area (Å²) in [5.41, 5.74) is 0. The van der Waals surface area contributed by atoms with Gasteiger partial charge in [-0.15, -0.1) is 0 Å². The highest BCUT2D eigenvalue weighted by Gasteiger charge is 2.41. The van der Waals surface area contributed by atoms with Gasteiger partial charge in [0.25, 0.3) is 0 Å². The fourth-order valence-electron chi connectivity index (χ4n) is 3.21. The molecule has 0 spiro atoms. The smallest absolute Gasteiger partial charge is 0.191 e. The van der Waals surface area contributed by atoms with Crippen molar-refractivity contribution in [2.24, 2.45) is 4.99 Å². The van der Waals surface area contributed by atoms with Crippen LogP contribution >= 0.6 is 0 Å². The molecule has 0 saturated carbocycles. The maximum Gasteiger partial charge on any atom is 0.191 e. The number of nitrogens with zero attached hydrogens (tertiary/aromatic N) is 1. The number of nitrogens with one attached hydrogen (secondary N) is 2. The maximum absolute atomic E-state index is 13.2.